The van der Waals surface area contributed by atoms with Crippen molar-refractivity contribution in [3.63, 3.8) is 0 Å². The van der Waals surface area contributed by atoms with Gasteiger partial charge in [0, 0.05) is 12.6 Å². The molecule has 0 unspecified atom stereocenters. The van der Waals surface area contributed by atoms with Crippen LogP contribution in [0.25, 0.3) is 5.52 Å². The second-order valence-electron chi connectivity index (χ2n) is 4.99. The van der Waals surface area contributed by atoms with Gasteiger partial charge in [-0.1, -0.05) is 18.2 Å². The number of imidazole rings is 1. The van der Waals surface area contributed by atoms with E-state index in [4.69, 9.17) is 0 Å². The molecule has 21 heavy (non-hydrogen) atoms. The van der Waals surface area contributed by atoms with E-state index in [0.717, 1.165) is 34.6 Å². The maximum Gasteiger partial charge on any atom is 0.416 e. The van der Waals surface area contributed by atoms with Crippen LogP contribution in [0.1, 0.15) is 22.5 Å². The van der Waals surface area contributed by atoms with E-state index in [1.54, 1.807) is 6.20 Å². The molecule has 108 valence electrons. The van der Waals surface area contributed by atoms with Gasteiger partial charge in [0.15, 0.2) is 0 Å². The van der Waals surface area contributed by atoms with E-state index >= 15 is 0 Å². The van der Waals surface area contributed by atoms with E-state index < -0.39 is 11.7 Å². The van der Waals surface area contributed by atoms with Gasteiger partial charge in [-0.25, -0.2) is 4.98 Å². The van der Waals surface area contributed by atoms with Gasteiger partial charge in [0.05, 0.1) is 17.3 Å². The summed E-state index contributed by atoms with van der Waals surface area (Å²) >= 11 is 0. The van der Waals surface area contributed by atoms with Crippen LogP contribution in [0.3, 0.4) is 0 Å². The van der Waals surface area contributed by atoms with Gasteiger partial charge in [0.1, 0.15) is 5.82 Å². The largest absolute Gasteiger partial charge is 0.416 e. The zero-order valence-electron chi connectivity index (χ0n) is 11.4. The third kappa shape index (κ3) is 2.63. The normalized spacial score (nSPS) is 12.0. The van der Waals surface area contributed by atoms with Crippen LogP contribution in [0.5, 0.6) is 0 Å². The molecule has 0 bridgehead atoms. The zero-order chi connectivity index (χ0) is 15.0. The third-order valence-electron chi connectivity index (χ3n) is 3.50. The predicted molar refractivity (Wildman–Crippen MR) is 74.2 cm³/mol. The summed E-state index contributed by atoms with van der Waals surface area (Å²) in [6, 6.07) is 9.14. The van der Waals surface area contributed by atoms with Crippen molar-refractivity contribution in [3.05, 3.63) is 71.3 Å². The number of fused-ring (bicyclic) bond motifs is 1. The van der Waals surface area contributed by atoms with Gasteiger partial charge < -0.3 is 4.40 Å². The summed E-state index contributed by atoms with van der Waals surface area (Å²) in [4.78, 5) is 4.36. The van der Waals surface area contributed by atoms with E-state index in [-0.39, 0.29) is 0 Å². The third-order valence-corrected chi connectivity index (χ3v) is 3.50. The average Bonchev–Trinajstić information content (AvgIpc) is 2.83. The second kappa shape index (κ2) is 4.91. The minimum absolute atomic E-state index is 0.496. The standard InChI is InChI=1S/C16H13F3N2/c1-11-3-2-8-21-14(11)10-20-15(21)9-12-4-6-13(7-5-12)16(17,18)19/h2-8,10H,9H2,1H3. The minimum atomic E-state index is -4.30. The first-order valence-electron chi connectivity index (χ1n) is 6.53. The van der Waals surface area contributed by atoms with Crippen LogP contribution in [-0.2, 0) is 12.6 Å². The number of alkyl halides is 3. The first kappa shape index (κ1) is 13.7. The number of hydrogen-bond donors (Lipinski definition) is 0. The molecular weight excluding hydrogens is 277 g/mol. The Morgan fingerprint density at radius 3 is 2.48 bits per heavy atom. The Labute approximate surface area is 119 Å². The second-order valence-corrected chi connectivity index (χ2v) is 4.99. The number of pyridine rings is 1. The molecule has 0 N–H and O–H groups in total. The zero-order valence-corrected chi connectivity index (χ0v) is 11.4. The molecular formula is C16H13F3N2. The molecule has 3 rings (SSSR count). The quantitative estimate of drug-likeness (QED) is 0.689. The molecule has 0 aliphatic rings. The fourth-order valence-corrected chi connectivity index (χ4v) is 2.34. The summed E-state index contributed by atoms with van der Waals surface area (Å²) in [5.74, 6) is 0.813. The van der Waals surface area contributed by atoms with Crippen molar-refractivity contribution in [3.8, 4) is 0 Å². The Morgan fingerprint density at radius 1 is 1.10 bits per heavy atom. The summed E-state index contributed by atoms with van der Waals surface area (Å²) in [5, 5.41) is 0. The first-order chi connectivity index (χ1) is 9.95. The van der Waals surface area contributed by atoms with Crippen molar-refractivity contribution in [1.82, 2.24) is 9.38 Å². The van der Waals surface area contributed by atoms with Crippen LogP contribution in [-0.4, -0.2) is 9.38 Å². The van der Waals surface area contributed by atoms with Crippen LogP contribution in [0, 0.1) is 6.92 Å². The highest BCUT2D eigenvalue weighted by atomic mass is 19.4. The predicted octanol–water partition coefficient (Wildman–Crippen LogP) is 4.25. The number of rotatable bonds is 2. The van der Waals surface area contributed by atoms with Gasteiger partial charge in [-0.15, -0.1) is 0 Å². The number of hydrogen-bond acceptors (Lipinski definition) is 1. The Bertz CT molecular complexity index is 770. The molecule has 0 aliphatic carbocycles. The lowest BCUT2D eigenvalue weighted by molar-refractivity contribution is -0.137. The summed E-state index contributed by atoms with van der Waals surface area (Å²) in [5.41, 5.74) is 2.30. The monoisotopic (exact) mass is 290 g/mol. The minimum Gasteiger partial charge on any atom is -0.303 e. The van der Waals surface area contributed by atoms with Gasteiger partial charge in [-0.3, -0.25) is 0 Å². The Kier molecular flexibility index (Phi) is 3.20. The fourth-order valence-electron chi connectivity index (χ4n) is 2.34. The summed E-state index contributed by atoms with van der Waals surface area (Å²) < 4.78 is 39.6. The van der Waals surface area contributed by atoms with E-state index in [0.29, 0.717) is 6.42 Å². The van der Waals surface area contributed by atoms with Crippen LogP contribution >= 0.6 is 0 Å². The van der Waals surface area contributed by atoms with Crippen molar-refractivity contribution in [2.24, 2.45) is 0 Å². The molecule has 0 aliphatic heterocycles. The van der Waals surface area contributed by atoms with Crippen molar-refractivity contribution in [2.45, 2.75) is 19.5 Å². The highest BCUT2D eigenvalue weighted by molar-refractivity contribution is 5.53. The number of aryl methyl sites for hydroxylation is 1. The van der Waals surface area contributed by atoms with Crippen LogP contribution in [0.2, 0.25) is 0 Å². The van der Waals surface area contributed by atoms with Crippen molar-refractivity contribution >= 4 is 5.52 Å². The molecule has 1 aromatic carbocycles. The van der Waals surface area contributed by atoms with E-state index in [1.807, 2.05) is 29.7 Å². The number of benzene rings is 1. The molecule has 0 amide bonds. The Balaban J connectivity index is 1.90. The summed E-state index contributed by atoms with van der Waals surface area (Å²) in [7, 11) is 0. The van der Waals surface area contributed by atoms with E-state index in [1.165, 1.54) is 12.1 Å². The molecule has 0 saturated carbocycles. The van der Waals surface area contributed by atoms with E-state index in [2.05, 4.69) is 4.98 Å². The maximum atomic E-state index is 12.5. The molecule has 0 spiro atoms. The molecule has 0 saturated heterocycles. The Morgan fingerprint density at radius 2 is 1.81 bits per heavy atom. The number of nitrogens with zero attached hydrogens (tertiary/aromatic N) is 2. The molecule has 5 heteroatoms. The van der Waals surface area contributed by atoms with Crippen molar-refractivity contribution < 1.29 is 13.2 Å². The summed E-state index contributed by atoms with van der Waals surface area (Å²) in [6.45, 7) is 2.00. The lowest BCUT2D eigenvalue weighted by atomic mass is 10.1. The molecule has 2 heterocycles. The number of halogens is 3. The van der Waals surface area contributed by atoms with E-state index in [9.17, 15) is 13.2 Å². The van der Waals surface area contributed by atoms with Gasteiger partial charge in [0.25, 0.3) is 0 Å². The summed E-state index contributed by atoms with van der Waals surface area (Å²) in [6.07, 6.45) is -0.102. The lowest BCUT2D eigenvalue weighted by Gasteiger charge is -2.07. The molecule has 0 fully saturated rings. The van der Waals surface area contributed by atoms with Crippen molar-refractivity contribution in [2.75, 3.05) is 0 Å². The van der Waals surface area contributed by atoms with Gasteiger partial charge >= 0.3 is 6.18 Å². The smallest absolute Gasteiger partial charge is 0.303 e. The molecule has 3 aromatic rings. The molecule has 2 nitrogen and oxygen atoms in total. The first-order valence-corrected chi connectivity index (χ1v) is 6.53. The Hall–Kier alpha value is -2.30. The van der Waals surface area contributed by atoms with Gasteiger partial charge in [-0.2, -0.15) is 13.2 Å². The van der Waals surface area contributed by atoms with Crippen LogP contribution in [0.15, 0.2) is 48.8 Å². The molecule has 0 radical (unpaired) electrons. The van der Waals surface area contributed by atoms with Crippen LogP contribution in [0.4, 0.5) is 13.2 Å². The highest BCUT2D eigenvalue weighted by Gasteiger charge is 2.29. The average molecular weight is 290 g/mol. The fraction of sp³-hybridized carbons (Fsp3) is 0.188. The lowest BCUT2D eigenvalue weighted by Crippen LogP contribution is -2.05. The highest BCUT2D eigenvalue weighted by Crippen LogP contribution is 2.29. The topological polar surface area (TPSA) is 17.3 Å². The van der Waals surface area contributed by atoms with Crippen LogP contribution < -0.4 is 0 Å². The SMILES string of the molecule is Cc1cccn2c(Cc3ccc(C(F)(F)F)cc3)ncc12. The van der Waals surface area contributed by atoms with Gasteiger partial charge in [-0.05, 0) is 36.2 Å². The van der Waals surface area contributed by atoms with Gasteiger partial charge in [0.2, 0.25) is 0 Å². The van der Waals surface area contributed by atoms with Crippen molar-refractivity contribution in [1.29, 1.82) is 0 Å². The number of aromatic nitrogens is 2. The maximum absolute atomic E-state index is 12.5. The molecule has 2 aromatic heterocycles. The molecule has 0 atom stereocenters.